The Hall–Kier alpha value is -0.800. The molecule has 0 spiro atoms. The fourth-order valence-electron chi connectivity index (χ4n) is 1.51. The Morgan fingerprint density at radius 2 is 1.94 bits per heavy atom. The van der Waals surface area contributed by atoms with Crippen molar-refractivity contribution in [1.29, 1.82) is 0 Å². The molecule has 88 valence electrons. The number of aliphatic hydroxyl groups is 1. The molecule has 3 heteroatoms. The van der Waals surface area contributed by atoms with E-state index in [4.69, 9.17) is 5.11 Å². The topological polar surface area (TPSA) is 37.3 Å². The van der Waals surface area contributed by atoms with E-state index in [1.54, 1.807) is 0 Å². The summed E-state index contributed by atoms with van der Waals surface area (Å²) in [6.45, 7) is 3.96. The van der Waals surface area contributed by atoms with E-state index in [0.717, 1.165) is 6.42 Å². The van der Waals surface area contributed by atoms with Gasteiger partial charge in [0.1, 0.15) is 0 Å². The molecule has 16 heavy (non-hydrogen) atoms. The monoisotopic (exact) mass is 238 g/mol. The van der Waals surface area contributed by atoms with Gasteiger partial charge in [-0.2, -0.15) is 0 Å². The molecule has 0 saturated heterocycles. The minimum atomic E-state index is -0.374. The first-order chi connectivity index (χ1) is 7.56. The highest BCUT2D eigenvalue weighted by atomic mass is 32.2. The lowest BCUT2D eigenvalue weighted by Gasteiger charge is -2.22. The summed E-state index contributed by atoms with van der Waals surface area (Å²) in [5.74, 6) is 0.483. The minimum Gasteiger partial charge on any atom is -0.396 e. The molecular weight excluding hydrogens is 220 g/mol. The molecule has 1 rings (SSSR count). The third-order valence-electron chi connectivity index (χ3n) is 2.37. The van der Waals surface area contributed by atoms with Gasteiger partial charge < -0.3 is 5.11 Å². The van der Waals surface area contributed by atoms with Gasteiger partial charge in [0, 0.05) is 11.2 Å². The summed E-state index contributed by atoms with van der Waals surface area (Å²) in [6, 6.07) is 10.0. The van der Waals surface area contributed by atoms with E-state index < -0.39 is 0 Å². The molecule has 0 amide bonds. The summed E-state index contributed by atoms with van der Waals surface area (Å²) in [4.78, 5) is 11.9. The van der Waals surface area contributed by atoms with Gasteiger partial charge in [0.2, 0.25) is 0 Å². The van der Waals surface area contributed by atoms with Gasteiger partial charge in [-0.3, -0.25) is 4.79 Å². The Morgan fingerprint density at radius 1 is 1.31 bits per heavy atom. The Kier molecular flexibility index (Phi) is 5.03. The van der Waals surface area contributed by atoms with Crippen molar-refractivity contribution < 1.29 is 9.90 Å². The highest BCUT2D eigenvalue weighted by Crippen LogP contribution is 2.28. The summed E-state index contributed by atoms with van der Waals surface area (Å²) in [5, 5.41) is 8.84. The van der Waals surface area contributed by atoms with Crippen LogP contribution in [0.5, 0.6) is 0 Å². The largest absolute Gasteiger partial charge is 0.396 e. The van der Waals surface area contributed by atoms with Crippen LogP contribution in [0.1, 0.15) is 19.4 Å². The maximum Gasteiger partial charge on any atom is 0.194 e. The van der Waals surface area contributed by atoms with Crippen LogP contribution in [0.25, 0.3) is 0 Å². The SMILES string of the molecule is CC(C)(Cc1ccccc1)C(=O)SCCO. The summed E-state index contributed by atoms with van der Waals surface area (Å²) < 4.78 is 0. The van der Waals surface area contributed by atoms with Crippen LogP contribution in [-0.2, 0) is 11.2 Å². The minimum absolute atomic E-state index is 0.0534. The second-order valence-electron chi connectivity index (χ2n) is 4.41. The fraction of sp³-hybridized carbons (Fsp3) is 0.462. The fourth-order valence-corrected chi connectivity index (χ4v) is 2.25. The van der Waals surface area contributed by atoms with Gasteiger partial charge >= 0.3 is 0 Å². The standard InChI is InChI=1S/C13H18O2S/c1-13(2,12(15)16-9-8-14)10-11-6-4-3-5-7-11/h3-7,14H,8-10H2,1-2H3. The zero-order chi connectivity index (χ0) is 12.0. The first-order valence-corrected chi connectivity index (χ1v) is 6.37. The van der Waals surface area contributed by atoms with Crippen molar-refractivity contribution in [2.24, 2.45) is 5.41 Å². The molecule has 0 aromatic heterocycles. The highest BCUT2D eigenvalue weighted by Gasteiger charge is 2.27. The van der Waals surface area contributed by atoms with Crippen molar-refractivity contribution in [2.45, 2.75) is 20.3 Å². The summed E-state index contributed by atoms with van der Waals surface area (Å²) in [6.07, 6.45) is 0.741. The Balaban J connectivity index is 2.60. The van der Waals surface area contributed by atoms with Gasteiger partial charge in [0.05, 0.1) is 6.61 Å². The van der Waals surface area contributed by atoms with Crippen molar-refractivity contribution in [2.75, 3.05) is 12.4 Å². The number of hydrogen-bond donors (Lipinski definition) is 1. The maximum absolute atomic E-state index is 11.9. The second kappa shape index (κ2) is 6.06. The Morgan fingerprint density at radius 3 is 2.50 bits per heavy atom. The number of rotatable bonds is 5. The smallest absolute Gasteiger partial charge is 0.194 e. The molecule has 0 heterocycles. The van der Waals surface area contributed by atoms with Gasteiger partial charge in [-0.05, 0) is 12.0 Å². The predicted octanol–water partition coefficient (Wildman–Crippen LogP) is 2.51. The average Bonchev–Trinajstić information content (AvgIpc) is 2.26. The van der Waals surface area contributed by atoms with Crippen LogP contribution in [-0.4, -0.2) is 22.6 Å². The molecule has 0 unspecified atom stereocenters. The van der Waals surface area contributed by atoms with Crippen molar-refractivity contribution in [3.8, 4) is 0 Å². The van der Waals surface area contributed by atoms with E-state index >= 15 is 0 Å². The molecule has 1 N–H and O–H groups in total. The lowest BCUT2D eigenvalue weighted by Crippen LogP contribution is -2.24. The summed E-state index contributed by atoms with van der Waals surface area (Å²) in [7, 11) is 0. The van der Waals surface area contributed by atoms with Crippen molar-refractivity contribution in [3.63, 3.8) is 0 Å². The average molecular weight is 238 g/mol. The van der Waals surface area contributed by atoms with Gasteiger partial charge in [-0.25, -0.2) is 0 Å². The van der Waals surface area contributed by atoms with Gasteiger partial charge in [-0.15, -0.1) is 0 Å². The lowest BCUT2D eigenvalue weighted by molar-refractivity contribution is -0.118. The van der Waals surface area contributed by atoms with Gasteiger partial charge in [-0.1, -0.05) is 55.9 Å². The Bertz CT molecular complexity index is 333. The van der Waals surface area contributed by atoms with Crippen LogP contribution in [0.15, 0.2) is 30.3 Å². The zero-order valence-electron chi connectivity index (χ0n) is 9.77. The van der Waals surface area contributed by atoms with Crippen molar-refractivity contribution in [1.82, 2.24) is 0 Å². The number of benzene rings is 1. The molecule has 0 aliphatic carbocycles. The van der Waals surface area contributed by atoms with Gasteiger partial charge in [0.15, 0.2) is 5.12 Å². The van der Waals surface area contributed by atoms with Crippen molar-refractivity contribution in [3.05, 3.63) is 35.9 Å². The van der Waals surface area contributed by atoms with E-state index in [1.165, 1.54) is 17.3 Å². The molecule has 0 saturated carbocycles. The molecule has 0 radical (unpaired) electrons. The van der Waals surface area contributed by atoms with E-state index in [0.29, 0.717) is 5.75 Å². The molecule has 0 fully saturated rings. The molecule has 1 aromatic rings. The first-order valence-electron chi connectivity index (χ1n) is 5.38. The number of aliphatic hydroxyl groups excluding tert-OH is 1. The molecule has 0 bridgehead atoms. The highest BCUT2D eigenvalue weighted by molar-refractivity contribution is 8.13. The van der Waals surface area contributed by atoms with Crippen LogP contribution >= 0.6 is 11.8 Å². The number of carbonyl (C=O) groups is 1. The van der Waals surface area contributed by atoms with Gasteiger partial charge in [0.25, 0.3) is 0 Å². The van der Waals surface area contributed by atoms with Crippen LogP contribution in [0.4, 0.5) is 0 Å². The van der Waals surface area contributed by atoms with Crippen LogP contribution < -0.4 is 0 Å². The molecule has 1 aromatic carbocycles. The van der Waals surface area contributed by atoms with Crippen molar-refractivity contribution >= 4 is 16.9 Å². The third-order valence-corrected chi connectivity index (χ3v) is 3.57. The quantitative estimate of drug-likeness (QED) is 0.856. The van der Waals surface area contributed by atoms with Crippen LogP contribution in [0, 0.1) is 5.41 Å². The van der Waals surface area contributed by atoms with E-state index in [1.807, 2.05) is 44.2 Å². The molecule has 0 aliphatic rings. The third kappa shape index (κ3) is 3.99. The second-order valence-corrected chi connectivity index (χ2v) is 5.47. The number of thioether (sulfide) groups is 1. The predicted molar refractivity (Wildman–Crippen MR) is 68.5 cm³/mol. The first kappa shape index (κ1) is 13.3. The van der Waals surface area contributed by atoms with E-state index in [2.05, 4.69) is 0 Å². The molecule has 0 aliphatic heterocycles. The molecule has 0 atom stereocenters. The maximum atomic E-state index is 11.9. The van der Waals surface area contributed by atoms with Crippen LogP contribution in [0.2, 0.25) is 0 Å². The molecule has 2 nitrogen and oxygen atoms in total. The normalized spacial score (nSPS) is 11.4. The lowest BCUT2D eigenvalue weighted by atomic mass is 9.87. The molecular formula is C13H18O2S. The number of hydrogen-bond acceptors (Lipinski definition) is 3. The van der Waals surface area contributed by atoms with E-state index in [9.17, 15) is 4.79 Å². The number of carbonyl (C=O) groups excluding carboxylic acids is 1. The Labute approximate surface area is 101 Å². The summed E-state index contributed by atoms with van der Waals surface area (Å²) >= 11 is 1.21. The van der Waals surface area contributed by atoms with E-state index in [-0.39, 0.29) is 17.1 Å². The summed E-state index contributed by atoms with van der Waals surface area (Å²) in [5.41, 5.74) is 0.798. The van der Waals surface area contributed by atoms with Crippen LogP contribution in [0.3, 0.4) is 0 Å². The zero-order valence-corrected chi connectivity index (χ0v) is 10.6.